The quantitative estimate of drug-likeness (QED) is 0.583. The van der Waals surface area contributed by atoms with Crippen LogP contribution in [0.2, 0.25) is 0 Å². The van der Waals surface area contributed by atoms with Gasteiger partial charge in [-0.3, -0.25) is 20.2 Å². The van der Waals surface area contributed by atoms with Crippen molar-refractivity contribution in [1.82, 2.24) is 20.6 Å². The molecule has 2 aromatic rings. The van der Waals surface area contributed by atoms with Gasteiger partial charge in [0.2, 0.25) is 0 Å². The van der Waals surface area contributed by atoms with Crippen LogP contribution in [-0.2, 0) is 0 Å². The standard InChI is InChI=1S/C8H6N6O3/c15-7(9-8-10-12-13-11-8)5-1-3-6(4-2-5)14(16)17/h1-4H,(H2,9,10,11,12,13,15). The minimum Gasteiger partial charge on any atom is -0.288 e. The van der Waals surface area contributed by atoms with E-state index in [0.29, 0.717) is 0 Å². The molecule has 2 rings (SSSR count). The van der Waals surface area contributed by atoms with Crippen molar-refractivity contribution < 1.29 is 9.72 Å². The van der Waals surface area contributed by atoms with Crippen molar-refractivity contribution in [3.63, 3.8) is 0 Å². The number of benzene rings is 1. The van der Waals surface area contributed by atoms with Crippen molar-refractivity contribution >= 4 is 17.5 Å². The summed E-state index contributed by atoms with van der Waals surface area (Å²) in [5.74, 6) is -0.436. The summed E-state index contributed by atoms with van der Waals surface area (Å²) >= 11 is 0. The van der Waals surface area contributed by atoms with Gasteiger partial charge in [0.25, 0.3) is 17.5 Å². The number of H-pyrrole nitrogens is 1. The van der Waals surface area contributed by atoms with Crippen molar-refractivity contribution in [3.05, 3.63) is 39.9 Å². The lowest BCUT2D eigenvalue weighted by atomic mass is 10.2. The predicted molar refractivity (Wildman–Crippen MR) is 55.2 cm³/mol. The van der Waals surface area contributed by atoms with Crippen LogP contribution in [0.4, 0.5) is 11.6 Å². The highest BCUT2D eigenvalue weighted by Crippen LogP contribution is 2.12. The Bertz CT molecular complexity index is 535. The molecule has 0 aliphatic heterocycles. The largest absolute Gasteiger partial charge is 0.288 e. The molecule has 1 aromatic carbocycles. The Morgan fingerprint density at radius 3 is 2.59 bits per heavy atom. The van der Waals surface area contributed by atoms with Gasteiger partial charge in [0, 0.05) is 17.7 Å². The molecule has 0 fully saturated rings. The molecule has 1 aromatic heterocycles. The van der Waals surface area contributed by atoms with E-state index in [1.54, 1.807) is 0 Å². The zero-order valence-electron chi connectivity index (χ0n) is 8.32. The summed E-state index contributed by atoms with van der Waals surface area (Å²) < 4.78 is 0. The molecule has 9 nitrogen and oxygen atoms in total. The SMILES string of the molecule is O=C(Nc1nn[nH]n1)c1ccc([N+](=O)[O-])cc1. The third-order valence-electron chi connectivity index (χ3n) is 1.91. The van der Waals surface area contributed by atoms with Gasteiger partial charge in [-0.05, 0) is 17.3 Å². The van der Waals surface area contributed by atoms with Crippen LogP contribution in [0.1, 0.15) is 10.4 Å². The minimum atomic E-state index is -0.541. The second-order valence-corrected chi connectivity index (χ2v) is 2.99. The molecule has 2 N–H and O–H groups in total. The number of tetrazole rings is 1. The van der Waals surface area contributed by atoms with Crippen molar-refractivity contribution in [2.45, 2.75) is 0 Å². The first-order valence-electron chi connectivity index (χ1n) is 4.46. The highest BCUT2D eigenvalue weighted by atomic mass is 16.6. The van der Waals surface area contributed by atoms with Gasteiger partial charge in [-0.2, -0.15) is 5.21 Å². The summed E-state index contributed by atoms with van der Waals surface area (Å²) in [6.07, 6.45) is 0. The number of non-ortho nitro benzene ring substituents is 1. The average molecular weight is 234 g/mol. The molecule has 0 aliphatic carbocycles. The van der Waals surface area contributed by atoms with Crippen molar-refractivity contribution in [1.29, 1.82) is 0 Å². The Labute approximate surface area is 94.0 Å². The van der Waals surface area contributed by atoms with Gasteiger partial charge in [0.05, 0.1) is 4.92 Å². The van der Waals surface area contributed by atoms with Crippen LogP contribution in [0.15, 0.2) is 24.3 Å². The monoisotopic (exact) mass is 234 g/mol. The van der Waals surface area contributed by atoms with Crippen LogP contribution in [0.5, 0.6) is 0 Å². The van der Waals surface area contributed by atoms with Crippen LogP contribution in [-0.4, -0.2) is 31.5 Å². The van der Waals surface area contributed by atoms with E-state index in [-0.39, 0.29) is 17.2 Å². The van der Waals surface area contributed by atoms with Crippen molar-refractivity contribution in [2.75, 3.05) is 5.32 Å². The fourth-order valence-electron chi connectivity index (χ4n) is 1.12. The van der Waals surface area contributed by atoms with E-state index in [1.807, 2.05) is 0 Å². The van der Waals surface area contributed by atoms with Gasteiger partial charge in [0.1, 0.15) is 0 Å². The smallest absolute Gasteiger partial charge is 0.270 e. The van der Waals surface area contributed by atoms with Crippen LogP contribution in [0.3, 0.4) is 0 Å². The summed E-state index contributed by atoms with van der Waals surface area (Å²) in [6.45, 7) is 0. The molecular weight excluding hydrogens is 228 g/mol. The van der Waals surface area contributed by atoms with Crippen molar-refractivity contribution in [3.8, 4) is 0 Å². The van der Waals surface area contributed by atoms with Gasteiger partial charge in [0.15, 0.2) is 0 Å². The molecule has 0 unspecified atom stereocenters. The second-order valence-electron chi connectivity index (χ2n) is 2.99. The molecule has 17 heavy (non-hydrogen) atoms. The van der Waals surface area contributed by atoms with E-state index >= 15 is 0 Å². The summed E-state index contributed by atoms with van der Waals surface area (Å²) in [6, 6.07) is 5.16. The fourth-order valence-corrected chi connectivity index (χ4v) is 1.12. The van der Waals surface area contributed by atoms with Gasteiger partial charge in [-0.1, -0.05) is 5.10 Å². The highest BCUT2D eigenvalue weighted by Gasteiger charge is 2.10. The number of aromatic amines is 1. The maximum Gasteiger partial charge on any atom is 0.270 e. The normalized spacial score (nSPS) is 9.88. The first-order valence-corrected chi connectivity index (χ1v) is 4.46. The molecule has 0 saturated heterocycles. The number of carbonyl (C=O) groups excluding carboxylic acids is 1. The molecule has 1 heterocycles. The summed E-state index contributed by atoms with van der Waals surface area (Å²) in [7, 11) is 0. The molecule has 86 valence electrons. The van der Waals surface area contributed by atoms with E-state index < -0.39 is 10.8 Å². The number of nitro groups is 1. The number of carbonyl (C=O) groups is 1. The van der Waals surface area contributed by atoms with Crippen LogP contribution >= 0.6 is 0 Å². The molecule has 0 radical (unpaired) electrons. The molecule has 0 saturated carbocycles. The van der Waals surface area contributed by atoms with Crippen LogP contribution in [0, 0.1) is 10.1 Å². The molecule has 1 amide bonds. The Balaban J connectivity index is 2.12. The van der Waals surface area contributed by atoms with Gasteiger partial charge >= 0.3 is 0 Å². The number of nitrogens with one attached hydrogen (secondary N) is 2. The molecule has 0 bridgehead atoms. The maximum absolute atomic E-state index is 11.6. The van der Waals surface area contributed by atoms with Crippen molar-refractivity contribution in [2.24, 2.45) is 0 Å². The summed E-state index contributed by atoms with van der Waals surface area (Å²) in [5, 5.41) is 25.3. The van der Waals surface area contributed by atoms with Crippen LogP contribution < -0.4 is 5.32 Å². The third kappa shape index (κ3) is 2.40. The molecular formula is C8H6N6O3. The first kappa shape index (κ1) is 10.7. The van der Waals surface area contributed by atoms with Crippen LogP contribution in [0.25, 0.3) is 0 Å². The molecule has 0 aliphatic rings. The zero-order valence-corrected chi connectivity index (χ0v) is 8.32. The van der Waals surface area contributed by atoms with E-state index in [1.165, 1.54) is 24.3 Å². The van der Waals surface area contributed by atoms with Gasteiger partial charge < -0.3 is 0 Å². The van der Waals surface area contributed by atoms with E-state index in [0.717, 1.165) is 0 Å². The summed E-state index contributed by atoms with van der Waals surface area (Å²) in [5.41, 5.74) is 0.182. The lowest BCUT2D eigenvalue weighted by molar-refractivity contribution is -0.384. The highest BCUT2D eigenvalue weighted by molar-refractivity contribution is 6.03. The number of hydrogen-bond donors (Lipinski definition) is 2. The molecule has 0 spiro atoms. The number of rotatable bonds is 3. The minimum absolute atomic E-state index is 0.0355. The second kappa shape index (κ2) is 4.35. The Morgan fingerprint density at radius 1 is 1.35 bits per heavy atom. The van der Waals surface area contributed by atoms with E-state index in [4.69, 9.17) is 0 Å². The molecule has 9 heteroatoms. The number of anilines is 1. The lowest BCUT2D eigenvalue weighted by Crippen LogP contribution is -2.12. The average Bonchev–Trinajstić information content (AvgIpc) is 2.82. The fraction of sp³-hybridized carbons (Fsp3) is 0. The zero-order chi connectivity index (χ0) is 12.3. The number of aromatic nitrogens is 4. The Morgan fingerprint density at radius 2 is 2.06 bits per heavy atom. The number of nitro benzene ring substituents is 1. The molecule has 0 atom stereocenters. The van der Waals surface area contributed by atoms with E-state index in [9.17, 15) is 14.9 Å². The number of amides is 1. The van der Waals surface area contributed by atoms with E-state index in [2.05, 4.69) is 25.9 Å². The maximum atomic E-state index is 11.6. The number of nitrogens with zero attached hydrogens (tertiary/aromatic N) is 4. The van der Waals surface area contributed by atoms with Gasteiger partial charge in [-0.15, -0.1) is 5.10 Å². The Kier molecular flexibility index (Phi) is 2.73. The first-order chi connectivity index (χ1) is 8.16. The lowest BCUT2D eigenvalue weighted by Gasteiger charge is -1.99. The van der Waals surface area contributed by atoms with Gasteiger partial charge in [-0.25, -0.2) is 0 Å². The predicted octanol–water partition coefficient (Wildman–Crippen LogP) is 0.360. The topological polar surface area (TPSA) is 127 Å². The Hall–Kier alpha value is -2.84. The third-order valence-corrected chi connectivity index (χ3v) is 1.91. The number of hydrogen-bond acceptors (Lipinski definition) is 6. The summed E-state index contributed by atoms with van der Waals surface area (Å²) in [4.78, 5) is 21.5.